The van der Waals surface area contributed by atoms with Crippen LogP contribution in [0.25, 0.3) is 0 Å². The number of piperidine rings is 1. The van der Waals surface area contributed by atoms with Gasteiger partial charge >= 0.3 is 0 Å². The van der Waals surface area contributed by atoms with Crippen molar-refractivity contribution >= 4 is 11.8 Å². The Morgan fingerprint density at radius 1 is 1.23 bits per heavy atom. The first-order chi connectivity index (χ1) is 12.7. The zero-order valence-corrected chi connectivity index (χ0v) is 15.0. The molecule has 2 aromatic rings. The number of pyridine rings is 1. The van der Waals surface area contributed by atoms with Crippen molar-refractivity contribution in [3.05, 3.63) is 48.8 Å². The van der Waals surface area contributed by atoms with Gasteiger partial charge in [-0.1, -0.05) is 6.07 Å². The summed E-state index contributed by atoms with van der Waals surface area (Å²) in [5.74, 6) is 0.0825. The van der Waals surface area contributed by atoms with Crippen molar-refractivity contribution < 1.29 is 9.59 Å². The smallest absolute Gasteiger partial charge is 0.242 e. The topological polar surface area (TPSA) is 71.3 Å². The summed E-state index contributed by atoms with van der Waals surface area (Å²) in [4.78, 5) is 36.6. The first-order valence-electron chi connectivity index (χ1n) is 9.12. The van der Waals surface area contributed by atoms with Crippen molar-refractivity contribution in [1.82, 2.24) is 24.3 Å². The van der Waals surface area contributed by atoms with Crippen LogP contribution in [0.2, 0.25) is 0 Å². The Kier molecular flexibility index (Phi) is 6.35. The van der Waals surface area contributed by atoms with Gasteiger partial charge in [-0.15, -0.1) is 0 Å². The highest BCUT2D eigenvalue weighted by Gasteiger charge is 2.23. The first kappa shape index (κ1) is 18.1. The minimum Gasteiger partial charge on any atom is -0.337 e. The highest BCUT2D eigenvalue weighted by molar-refractivity contribution is 5.85. The molecule has 0 atom stereocenters. The SMILES string of the molecule is O=C1CCCCN1CC(=O)N(CCCn1ccnc1)Cc1cccnc1. The van der Waals surface area contributed by atoms with Gasteiger partial charge in [-0.05, 0) is 30.9 Å². The molecule has 26 heavy (non-hydrogen) atoms. The van der Waals surface area contributed by atoms with Gasteiger partial charge in [0.05, 0.1) is 12.9 Å². The van der Waals surface area contributed by atoms with Crippen LogP contribution in [-0.2, 0) is 22.7 Å². The van der Waals surface area contributed by atoms with E-state index in [2.05, 4.69) is 9.97 Å². The Morgan fingerprint density at radius 2 is 2.15 bits per heavy atom. The lowest BCUT2D eigenvalue weighted by atomic mass is 10.1. The molecule has 2 aromatic heterocycles. The van der Waals surface area contributed by atoms with E-state index in [0.717, 1.165) is 31.4 Å². The predicted octanol–water partition coefficient (Wildman–Crippen LogP) is 1.71. The molecule has 0 spiro atoms. The van der Waals surface area contributed by atoms with E-state index in [4.69, 9.17) is 0 Å². The molecule has 7 nitrogen and oxygen atoms in total. The fourth-order valence-corrected chi connectivity index (χ4v) is 3.16. The fraction of sp³-hybridized carbons (Fsp3) is 0.474. The Balaban J connectivity index is 1.60. The van der Waals surface area contributed by atoms with E-state index >= 15 is 0 Å². The number of carbonyl (C=O) groups is 2. The summed E-state index contributed by atoms with van der Waals surface area (Å²) >= 11 is 0. The molecule has 7 heteroatoms. The van der Waals surface area contributed by atoms with E-state index in [1.54, 1.807) is 29.8 Å². The molecule has 1 aliphatic heterocycles. The van der Waals surface area contributed by atoms with Crippen LogP contribution in [0.5, 0.6) is 0 Å². The maximum Gasteiger partial charge on any atom is 0.242 e. The number of hydrogen-bond acceptors (Lipinski definition) is 4. The number of hydrogen-bond donors (Lipinski definition) is 0. The van der Waals surface area contributed by atoms with E-state index in [-0.39, 0.29) is 18.4 Å². The third kappa shape index (κ3) is 5.15. The fourth-order valence-electron chi connectivity index (χ4n) is 3.16. The third-order valence-corrected chi connectivity index (χ3v) is 4.60. The van der Waals surface area contributed by atoms with Crippen LogP contribution in [0, 0.1) is 0 Å². The zero-order valence-electron chi connectivity index (χ0n) is 15.0. The molecule has 0 aliphatic carbocycles. The predicted molar refractivity (Wildman–Crippen MR) is 96.9 cm³/mol. The Morgan fingerprint density at radius 3 is 2.88 bits per heavy atom. The van der Waals surface area contributed by atoms with E-state index in [1.165, 1.54) is 0 Å². The third-order valence-electron chi connectivity index (χ3n) is 4.60. The Labute approximate surface area is 153 Å². The lowest BCUT2D eigenvalue weighted by molar-refractivity contribution is -0.142. The number of rotatable bonds is 8. The van der Waals surface area contributed by atoms with Gasteiger partial charge in [-0.3, -0.25) is 14.6 Å². The molecule has 1 saturated heterocycles. The van der Waals surface area contributed by atoms with Crippen LogP contribution in [0.15, 0.2) is 43.2 Å². The van der Waals surface area contributed by atoms with E-state index in [1.807, 2.05) is 27.8 Å². The Bertz CT molecular complexity index is 702. The summed E-state index contributed by atoms with van der Waals surface area (Å²) < 4.78 is 2.00. The maximum atomic E-state index is 12.8. The van der Waals surface area contributed by atoms with Crippen molar-refractivity contribution in [3.63, 3.8) is 0 Å². The maximum absolute atomic E-state index is 12.8. The van der Waals surface area contributed by atoms with Gasteiger partial charge in [0.2, 0.25) is 11.8 Å². The molecule has 1 fully saturated rings. The average Bonchev–Trinajstić information content (AvgIpc) is 3.17. The molecule has 3 heterocycles. The summed E-state index contributed by atoms with van der Waals surface area (Å²) in [6.45, 7) is 2.80. The average molecular weight is 355 g/mol. The number of imidazole rings is 1. The minimum absolute atomic E-state index is 0.00488. The highest BCUT2D eigenvalue weighted by Crippen LogP contribution is 2.12. The number of amides is 2. The Hall–Kier alpha value is -2.70. The second-order valence-electron chi connectivity index (χ2n) is 6.60. The molecule has 0 N–H and O–H groups in total. The largest absolute Gasteiger partial charge is 0.337 e. The summed E-state index contributed by atoms with van der Waals surface area (Å²) in [7, 11) is 0. The van der Waals surface area contributed by atoms with Crippen molar-refractivity contribution in [2.75, 3.05) is 19.6 Å². The molecular weight excluding hydrogens is 330 g/mol. The highest BCUT2D eigenvalue weighted by atomic mass is 16.2. The van der Waals surface area contributed by atoms with Gasteiger partial charge in [-0.2, -0.15) is 0 Å². The molecule has 0 aromatic carbocycles. The van der Waals surface area contributed by atoms with E-state index in [9.17, 15) is 9.59 Å². The van der Waals surface area contributed by atoms with Crippen molar-refractivity contribution in [2.45, 2.75) is 38.8 Å². The lowest BCUT2D eigenvalue weighted by Crippen LogP contribution is -2.44. The van der Waals surface area contributed by atoms with Crippen LogP contribution >= 0.6 is 0 Å². The summed E-state index contributed by atoms with van der Waals surface area (Å²) in [5.41, 5.74) is 0.994. The van der Waals surface area contributed by atoms with Gasteiger partial charge < -0.3 is 14.4 Å². The van der Waals surface area contributed by atoms with Gasteiger partial charge in [0.15, 0.2) is 0 Å². The first-order valence-corrected chi connectivity index (χ1v) is 9.12. The second kappa shape index (κ2) is 9.12. The molecular formula is C19H25N5O2. The number of nitrogens with zero attached hydrogens (tertiary/aromatic N) is 5. The molecule has 0 radical (unpaired) electrons. The number of likely N-dealkylation sites (tertiary alicyclic amines) is 1. The monoisotopic (exact) mass is 355 g/mol. The van der Waals surface area contributed by atoms with Gasteiger partial charge in [0, 0.05) is 57.4 Å². The van der Waals surface area contributed by atoms with Crippen LogP contribution in [-0.4, -0.2) is 55.8 Å². The van der Waals surface area contributed by atoms with Gasteiger partial charge in [0.1, 0.15) is 0 Å². The standard InChI is InChI=1S/C19H25N5O2/c25-18-6-1-2-10-24(18)15-19(26)23(14-17-5-3-7-20-13-17)11-4-9-22-12-8-21-16-22/h3,5,7-8,12-13,16H,1-2,4,6,9-11,14-15H2. The number of aromatic nitrogens is 3. The summed E-state index contributed by atoms with van der Waals surface area (Å²) in [5, 5.41) is 0. The quantitative estimate of drug-likeness (QED) is 0.723. The van der Waals surface area contributed by atoms with Crippen LogP contribution in [0.1, 0.15) is 31.2 Å². The molecule has 138 valence electrons. The molecule has 2 amide bonds. The minimum atomic E-state index is -0.00488. The normalized spacial score (nSPS) is 14.5. The van der Waals surface area contributed by atoms with E-state index < -0.39 is 0 Å². The van der Waals surface area contributed by atoms with Crippen molar-refractivity contribution in [1.29, 1.82) is 0 Å². The van der Waals surface area contributed by atoms with Gasteiger partial charge in [0.25, 0.3) is 0 Å². The molecule has 0 bridgehead atoms. The molecule has 3 rings (SSSR count). The number of aryl methyl sites for hydroxylation is 1. The van der Waals surface area contributed by atoms with Crippen molar-refractivity contribution in [2.24, 2.45) is 0 Å². The summed E-state index contributed by atoms with van der Waals surface area (Å²) in [6, 6.07) is 3.84. The molecule has 1 aliphatic rings. The van der Waals surface area contributed by atoms with Crippen LogP contribution in [0.3, 0.4) is 0 Å². The zero-order chi connectivity index (χ0) is 18.2. The summed E-state index contributed by atoms with van der Waals surface area (Å²) in [6.07, 6.45) is 12.2. The van der Waals surface area contributed by atoms with Crippen LogP contribution < -0.4 is 0 Å². The van der Waals surface area contributed by atoms with Crippen LogP contribution in [0.4, 0.5) is 0 Å². The lowest BCUT2D eigenvalue weighted by Gasteiger charge is -2.30. The number of carbonyl (C=O) groups excluding carboxylic acids is 2. The second-order valence-corrected chi connectivity index (χ2v) is 6.60. The van der Waals surface area contributed by atoms with E-state index in [0.29, 0.717) is 26.1 Å². The van der Waals surface area contributed by atoms with Gasteiger partial charge in [-0.25, -0.2) is 4.98 Å². The van der Waals surface area contributed by atoms with Crippen molar-refractivity contribution in [3.8, 4) is 0 Å². The molecule has 0 saturated carbocycles. The molecule has 0 unspecified atom stereocenters.